The lowest BCUT2D eigenvalue weighted by atomic mass is 10.0. The molecule has 0 saturated carbocycles. The smallest absolute Gasteiger partial charge is 0.337 e. The number of rotatable bonds is 2. The first-order chi connectivity index (χ1) is 10.1. The van der Waals surface area contributed by atoms with Crippen molar-refractivity contribution in [3.8, 4) is 0 Å². The predicted octanol–water partition coefficient (Wildman–Crippen LogP) is 3.65. The first kappa shape index (κ1) is 13.7. The first-order valence-corrected chi connectivity index (χ1v) is 7.31. The Morgan fingerprint density at radius 3 is 2.67 bits per heavy atom. The van der Waals surface area contributed by atoms with Crippen LogP contribution in [0.4, 0.5) is 5.69 Å². The van der Waals surface area contributed by atoms with Crippen molar-refractivity contribution in [3.63, 3.8) is 0 Å². The third-order valence-electron chi connectivity index (χ3n) is 4.08. The highest BCUT2D eigenvalue weighted by molar-refractivity contribution is 5.94. The molecule has 0 amide bonds. The van der Waals surface area contributed by atoms with Gasteiger partial charge in [0.1, 0.15) is 0 Å². The lowest BCUT2D eigenvalue weighted by Gasteiger charge is -2.25. The molecule has 0 unspecified atom stereocenters. The van der Waals surface area contributed by atoms with E-state index in [9.17, 15) is 9.90 Å². The molecule has 108 valence electrons. The Morgan fingerprint density at radius 1 is 1.14 bits per heavy atom. The molecule has 3 rings (SSSR count). The van der Waals surface area contributed by atoms with Crippen molar-refractivity contribution in [3.05, 3.63) is 64.7 Å². The number of hydrogen-bond donors (Lipinski definition) is 1. The van der Waals surface area contributed by atoms with Gasteiger partial charge in [-0.3, -0.25) is 0 Å². The predicted molar refractivity (Wildman–Crippen MR) is 84.0 cm³/mol. The van der Waals surface area contributed by atoms with Crippen molar-refractivity contribution in [2.45, 2.75) is 26.3 Å². The molecule has 3 nitrogen and oxygen atoms in total. The summed E-state index contributed by atoms with van der Waals surface area (Å²) in [4.78, 5) is 13.7. The van der Waals surface area contributed by atoms with Crippen molar-refractivity contribution < 1.29 is 9.90 Å². The molecule has 0 saturated heterocycles. The van der Waals surface area contributed by atoms with Gasteiger partial charge in [0.2, 0.25) is 0 Å². The van der Waals surface area contributed by atoms with E-state index < -0.39 is 5.97 Å². The molecule has 0 aliphatic carbocycles. The Balaban J connectivity index is 2.01. The molecule has 0 atom stereocenters. The van der Waals surface area contributed by atoms with Crippen LogP contribution in [-0.2, 0) is 13.0 Å². The van der Waals surface area contributed by atoms with Crippen LogP contribution < -0.4 is 4.90 Å². The fourth-order valence-corrected chi connectivity index (χ4v) is 2.99. The minimum Gasteiger partial charge on any atom is -0.478 e. The Hall–Kier alpha value is -2.29. The number of carbonyl (C=O) groups is 1. The highest BCUT2D eigenvalue weighted by Crippen LogP contribution is 2.28. The van der Waals surface area contributed by atoms with Crippen LogP contribution in [0.3, 0.4) is 0 Å². The van der Waals surface area contributed by atoms with Gasteiger partial charge in [-0.2, -0.15) is 0 Å². The van der Waals surface area contributed by atoms with Crippen molar-refractivity contribution >= 4 is 11.7 Å². The number of carboxylic acid groups (broad SMARTS) is 1. The fraction of sp³-hybridized carbons (Fsp3) is 0.278. The van der Waals surface area contributed by atoms with E-state index in [0.717, 1.165) is 37.2 Å². The SMILES string of the molecule is Cc1ccc(C(=O)O)c(N2CCCc3ccccc3C2)c1. The zero-order valence-electron chi connectivity index (χ0n) is 12.2. The van der Waals surface area contributed by atoms with Gasteiger partial charge < -0.3 is 10.0 Å². The topological polar surface area (TPSA) is 40.5 Å². The van der Waals surface area contributed by atoms with Crippen molar-refractivity contribution in [2.24, 2.45) is 0 Å². The Labute approximate surface area is 124 Å². The molecule has 2 aromatic carbocycles. The second-order valence-corrected chi connectivity index (χ2v) is 5.62. The van der Waals surface area contributed by atoms with Gasteiger partial charge in [-0.1, -0.05) is 30.3 Å². The van der Waals surface area contributed by atoms with Crippen molar-refractivity contribution in [2.75, 3.05) is 11.4 Å². The van der Waals surface area contributed by atoms with Gasteiger partial charge in [0.05, 0.1) is 11.3 Å². The molecule has 0 spiro atoms. The molecule has 0 aromatic heterocycles. The third-order valence-corrected chi connectivity index (χ3v) is 4.08. The average Bonchev–Trinajstić information content (AvgIpc) is 2.68. The van der Waals surface area contributed by atoms with Crippen LogP contribution in [0.1, 0.15) is 33.5 Å². The Bertz CT molecular complexity index is 679. The van der Waals surface area contributed by atoms with Crippen molar-refractivity contribution in [1.29, 1.82) is 0 Å². The van der Waals surface area contributed by atoms with E-state index in [1.54, 1.807) is 6.07 Å². The maximum absolute atomic E-state index is 11.5. The van der Waals surface area contributed by atoms with E-state index in [2.05, 4.69) is 29.2 Å². The number of hydrogen-bond acceptors (Lipinski definition) is 2. The summed E-state index contributed by atoms with van der Waals surface area (Å²) in [5.74, 6) is -0.859. The summed E-state index contributed by atoms with van der Waals surface area (Å²) in [5, 5.41) is 9.43. The summed E-state index contributed by atoms with van der Waals surface area (Å²) in [6, 6.07) is 14.0. The van der Waals surface area contributed by atoms with Gasteiger partial charge in [0, 0.05) is 13.1 Å². The number of fused-ring (bicyclic) bond motifs is 1. The molecule has 0 fully saturated rings. The number of nitrogens with zero attached hydrogens (tertiary/aromatic N) is 1. The van der Waals surface area contributed by atoms with E-state index in [-0.39, 0.29) is 0 Å². The fourth-order valence-electron chi connectivity index (χ4n) is 2.99. The van der Waals surface area contributed by atoms with E-state index in [1.807, 2.05) is 19.1 Å². The van der Waals surface area contributed by atoms with Gasteiger partial charge in [-0.15, -0.1) is 0 Å². The average molecular weight is 281 g/mol. The summed E-state index contributed by atoms with van der Waals surface area (Å²) < 4.78 is 0. The molecular weight excluding hydrogens is 262 g/mol. The van der Waals surface area contributed by atoms with Crippen molar-refractivity contribution in [1.82, 2.24) is 0 Å². The molecule has 3 heteroatoms. The molecule has 1 aliphatic rings. The standard InChI is InChI=1S/C18H19NO2/c1-13-8-9-16(18(20)21)17(11-13)19-10-4-7-14-5-2-3-6-15(14)12-19/h2-3,5-6,8-9,11H,4,7,10,12H2,1H3,(H,20,21). The quantitative estimate of drug-likeness (QED) is 0.913. The molecule has 1 aliphatic heterocycles. The summed E-state index contributed by atoms with van der Waals surface area (Å²) in [6.07, 6.45) is 2.10. The Kier molecular flexibility index (Phi) is 3.65. The molecular formula is C18H19NO2. The van der Waals surface area contributed by atoms with Crippen LogP contribution in [-0.4, -0.2) is 17.6 Å². The van der Waals surface area contributed by atoms with Crippen LogP contribution in [0.5, 0.6) is 0 Å². The lowest BCUT2D eigenvalue weighted by molar-refractivity contribution is 0.0697. The first-order valence-electron chi connectivity index (χ1n) is 7.31. The zero-order chi connectivity index (χ0) is 14.8. The van der Waals surface area contributed by atoms with E-state index in [4.69, 9.17) is 0 Å². The number of aromatic carboxylic acids is 1. The summed E-state index contributed by atoms with van der Waals surface area (Å²) in [5.41, 5.74) is 4.99. The van der Waals surface area contributed by atoms with E-state index in [1.165, 1.54) is 11.1 Å². The van der Waals surface area contributed by atoms with E-state index >= 15 is 0 Å². The minimum atomic E-state index is -0.859. The highest BCUT2D eigenvalue weighted by atomic mass is 16.4. The molecule has 0 bridgehead atoms. The van der Waals surface area contributed by atoms with Gasteiger partial charge in [0.25, 0.3) is 0 Å². The highest BCUT2D eigenvalue weighted by Gasteiger charge is 2.19. The molecule has 2 aromatic rings. The molecule has 1 N–H and O–H groups in total. The number of carboxylic acids is 1. The van der Waals surface area contributed by atoms with Gasteiger partial charge in [0.15, 0.2) is 0 Å². The second kappa shape index (κ2) is 5.60. The van der Waals surface area contributed by atoms with Gasteiger partial charge in [-0.05, 0) is 48.6 Å². The summed E-state index contributed by atoms with van der Waals surface area (Å²) >= 11 is 0. The lowest BCUT2D eigenvalue weighted by Crippen LogP contribution is -2.24. The maximum atomic E-state index is 11.5. The third kappa shape index (κ3) is 2.77. The number of aryl methyl sites for hydroxylation is 2. The number of benzene rings is 2. The molecule has 1 heterocycles. The van der Waals surface area contributed by atoms with Crippen LogP contribution in [0.2, 0.25) is 0 Å². The van der Waals surface area contributed by atoms with E-state index in [0.29, 0.717) is 5.56 Å². The largest absolute Gasteiger partial charge is 0.478 e. The number of anilines is 1. The van der Waals surface area contributed by atoms with Crippen LogP contribution >= 0.6 is 0 Å². The maximum Gasteiger partial charge on any atom is 0.337 e. The normalized spacial score (nSPS) is 14.4. The van der Waals surface area contributed by atoms with Gasteiger partial charge >= 0.3 is 5.97 Å². The monoisotopic (exact) mass is 281 g/mol. The minimum absolute atomic E-state index is 0.389. The summed E-state index contributed by atoms with van der Waals surface area (Å²) in [6.45, 7) is 3.67. The second-order valence-electron chi connectivity index (χ2n) is 5.62. The molecule has 0 radical (unpaired) electrons. The molecule has 21 heavy (non-hydrogen) atoms. The van der Waals surface area contributed by atoms with Crippen LogP contribution in [0, 0.1) is 6.92 Å². The Morgan fingerprint density at radius 2 is 1.90 bits per heavy atom. The van der Waals surface area contributed by atoms with Crippen LogP contribution in [0.25, 0.3) is 0 Å². The van der Waals surface area contributed by atoms with Crippen LogP contribution in [0.15, 0.2) is 42.5 Å². The zero-order valence-corrected chi connectivity index (χ0v) is 12.2. The van der Waals surface area contributed by atoms with Gasteiger partial charge in [-0.25, -0.2) is 4.79 Å². The summed E-state index contributed by atoms with van der Waals surface area (Å²) in [7, 11) is 0.